The highest BCUT2D eigenvalue weighted by atomic mass is 32.1. The number of nitrogens with one attached hydrogen (secondary N) is 2. The van der Waals surface area contributed by atoms with Gasteiger partial charge < -0.3 is 21.1 Å². The lowest BCUT2D eigenvalue weighted by molar-refractivity contribution is 0.102. The van der Waals surface area contributed by atoms with Gasteiger partial charge in [0.2, 0.25) is 0 Å². The van der Waals surface area contributed by atoms with Gasteiger partial charge in [0, 0.05) is 16.9 Å². The minimum Gasteiger partial charge on any atom is -0.457 e. The lowest BCUT2D eigenvalue weighted by atomic mass is 10.2. The summed E-state index contributed by atoms with van der Waals surface area (Å²) in [6.45, 7) is 0. The molecule has 26 heavy (non-hydrogen) atoms. The van der Waals surface area contributed by atoms with Crippen LogP contribution in [-0.2, 0) is 0 Å². The van der Waals surface area contributed by atoms with E-state index in [1.54, 1.807) is 48.5 Å². The summed E-state index contributed by atoms with van der Waals surface area (Å²) in [7, 11) is 0. The Morgan fingerprint density at radius 2 is 1.50 bits per heavy atom. The van der Waals surface area contributed by atoms with Crippen molar-refractivity contribution in [2.24, 2.45) is 5.73 Å². The molecule has 3 aromatic carbocycles. The quantitative estimate of drug-likeness (QED) is 0.586. The van der Waals surface area contributed by atoms with Crippen molar-refractivity contribution in [3.63, 3.8) is 0 Å². The summed E-state index contributed by atoms with van der Waals surface area (Å²) >= 11 is 4.80. The highest BCUT2D eigenvalue weighted by molar-refractivity contribution is 7.80. The van der Waals surface area contributed by atoms with Crippen LogP contribution in [0.15, 0.2) is 78.9 Å². The van der Waals surface area contributed by atoms with Crippen molar-refractivity contribution in [3.8, 4) is 11.5 Å². The Balaban J connectivity index is 1.65. The van der Waals surface area contributed by atoms with Crippen LogP contribution in [0, 0.1) is 0 Å². The summed E-state index contributed by atoms with van der Waals surface area (Å²) in [5.74, 6) is 1.22. The molecule has 0 aliphatic heterocycles. The van der Waals surface area contributed by atoms with E-state index in [1.807, 2.05) is 30.3 Å². The molecule has 0 saturated carbocycles. The highest BCUT2D eigenvalue weighted by Gasteiger charge is 2.07. The first-order valence-corrected chi connectivity index (χ1v) is 8.32. The van der Waals surface area contributed by atoms with Crippen molar-refractivity contribution in [2.45, 2.75) is 0 Å². The van der Waals surface area contributed by atoms with Crippen LogP contribution in [0.25, 0.3) is 0 Å². The van der Waals surface area contributed by atoms with Gasteiger partial charge in [-0.15, -0.1) is 0 Å². The fraction of sp³-hybridized carbons (Fsp3) is 0. The predicted molar refractivity (Wildman–Crippen MR) is 108 cm³/mol. The molecule has 6 heteroatoms. The van der Waals surface area contributed by atoms with Crippen LogP contribution in [0.1, 0.15) is 10.4 Å². The van der Waals surface area contributed by atoms with Gasteiger partial charge in [-0.3, -0.25) is 4.79 Å². The molecule has 0 bridgehead atoms. The number of amides is 1. The fourth-order valence-corrected chi connectivity index (χ4v) is 2.43. The Hall–Kier alpha value is -3.38. The van der Waals surface area contributed by atoms with E-state index in [9.17, 15) is 4.79 Å². The Labute approximate surface area is 156 Å². The standard InChI is InChI=1S/C20H17N3O2S/c21-20(26)23-16-6-4-5-14(13-16)19(24)22-15-9-11-18(12-10-15)25-17-7-2-1-3-8-17/h1-13H,(H,22,24)(H3,21,23,26). The van der Waals surface area contributed by atoms with E-state index in [0.29, 0.717) is 22.7 Å². The summed E-state index contributed by atoms with van der Waals surface area (Å²) < 4.78 is 5.73. The zero-order chi connectivity index (χ0) is 18.4. The van der Waals surface area contributed by atoms with E-state index in [4.69, 9.17) is 22.7 Å². The number of ether oxygens (including phenoxy) is 1. The van der Waals surface area contributed by atoms with Gasteiger partial charge in [0.25, 0.3) is 5.91 Å². The fourth-order valence-electron chi connectivity index (χ4n) is 2.31. The number of benzene rings is 3. The number of carbonyl (C=O) groups excluding carboxylic acids is 1. The van der Waals surface area contributed by atoms with Crippen LogP contribution in [0.4, 0.5) is 11.4 Å². The second-order valence-corrected chi connectivity index (χ2v) is 5.90. The Bertz CT molecular complexity index is 912. The molecule has 4 N–H and O–H groups in total. The number of nitrogens with two attached hydrogens (primary N) is 1. The predicted octanol–water partition coefficient (Wildman–Crippen LogP) is 4.39. The van der Waals surface area contributed by atoms with Gasteiger partial charge in [0.1, 0.15) is 11.5 Å². The topological polar surface area (TPSA) is 76.4 Å². The molecule has 3 rings (SSSR count). The molecule has 0 fully saturated rings. The molecule has 0 aromatic heterocycles. The number of carbonyl (C=O) groups is 1. The zero-order valence-electron chi connectivity index (χ0n) is 13.8. The maximum absolute atomic E-state index is 12.4. The molecule has 0 aliphatic rings. The molecule has 0 unspecified atom stereocenters. The van der Waals surface area contributed by atoms with E-state index < -0.39 is 0 Å². The van der Waals surface area contributed by atoms with E-state index in [0.717, 1.165) is 5.75 Å². The van der Waals surface area contributed by atoms with Gasteiger partial charge in [-0.25, -0.2) is 0 Å². The van der Waals surface area contributed by atoms with Crippen molar-refractivity contribution < 1.29 is 9.53 Å². The number of hydrogen-bond acceptors (Lipinski definition) is 3. The monoisotopic (exact) mass is 363 g/mol. The lowest BCUT2D eigenvalue weighted by Gasteiger charge is -2.09. The van der Waals surface area contributed by atoms with E-state index >= 15 is 0 Å². The molecule has 1 amide bonds. The summed E-state index contributed by atoms with van der Waals surface area (Å²) in [5.41, 5.74) is 7.28. The van der Waals surface area contributed by atoms with Gasteiger partial charge in [0.15, 0.2) is 5.11 Å². The molecule has 0 spiro atoms. The minimum atomic E-state index is -0.228. The maximum Gasteiger partial charge on any atom is 0.255 e. The minimum absolute atomic E-state index is 0.150. The molecular weight excluding hydrogens is 346 g/mol. The van der Waals surface area contributed by atoms with Gasteiger partial charge in [-0.2, -0.15) is 0 Å². The van der Waals surface area contributed by atoms with Crippen molar-refractivity contribution in [1.29, 1.82) is 0 Å². The number of rotatable bonds is 5. The lowest BCUT2D eigenvalue weighted by Crippen LogP contribution is -2.19. The summed E-state index contributed by atoms with van der Waals surface area (Å²) in [6.07, 6.45) is 0. The zero-order valence-corrected chi connectivity index (χ0v) is 14.6. The van der Waals surface area contributed by atoms with Gasteiger partial charge >= 0.3 is 0 Å². The summed E-state index contributed by atoms with van der Waals surface area (Å²) in [6, 6.07) is 23.6. The van der Waals surface area contributed by atoms with Crippen molar-refractivity contribution in [1.82, 2.24) is 0 Å². The van der Waals surface area contributed by atoms with Crippen LogP contribution >= 0.6 is 12.2 Å². The number of thiocarbonyl (C=S) groups is 1. The smallest absolute Gasteiger partial charge is 0.255 e. The van der Waals surface area contributed by atoms with Gasteiger partial charge in [-0.05, 0) is 66.8 Å². The first-order chi connectivity index (χ1) is 12.6. The van der Waals surface area contributed by atoms with Crippen LogP contribution in [0.3, 0.4) is 0 Å². The molecule has 0 aliphatic carbocycles. The van der Waals surface area contributed by atoms with Crippen molar-refractivity contribution >= 4 is 34.6 Å². The molecule has 0 saturated heterocycles. The van der Waals surface area contributed by atoms with Gasteiger partial charge in [-0.1, -0.05) is 24.3 Å². The van der Waals surface area contributed by atoms with Crippen LogP contribution in [-0.4, -0.2) is 11.0 Å². The molecular formula is C20H17N3O2S. The molecule has 0 heterocycles. The molecule has 5 nitrogen and oxygen atoms in total. The number of para-hydroxylation sites is 1. The molecule has 3 aromatic rings. The average molecular weight is 363 g/mol. The van der Waals surface area contributed by atoms with Gasteiger partial charge in [0.05, 0.1) is 0 Å². The largest absolute Gasteiger partial charge is 0.457 e. The van der Waals surface area contributed by atoms with Crippen molar-refractivity contribution in [3.05, 3.63) is 84.4 Å². The molecule has 0 atom stereocenters. The van der Waals surface area contributed by atoms with E-state index in [1.165, 1.54) is 0 Å². The maximum atomic E-state index is 12.4. The normalized spacial score (nSPS) is 10.0. The number of anilines is 2. The Kier molecular flexibility index (Phi) is 5.46. The SMILES string of the molecule is NC(=S)Nc1cccc(C(=O)Nc2ccc(Oc3ccccc3)cc2)c1. The van der Waals surface area contributed by atoms with Crippen LogP contribution < -0.4 is 21.1 Å². The first-order valence-electron chi connectivity index (χ1n) is 7.91. The van der Waals surface area contributed by atoms with Crippen molar-refractivity contribution in [2.75, 3.05) is 10.6 Å². The summed E-state index contributed by atoms with van der Waals surface area (Å²) in [4.78, 5) is 12.4. The first kappa shape index (κ1) is 17.4. The molecule has 130 valence electrons. The third kappa shape index (κ3) is 4.81. The third-order valence-corrected chi connectivity index (χ3v) is 3.59. The van der Waals surface area contributed by atoms with E-state index in [-0.39, 0.29) is 11.0 Å². The third-order valence-electron chi connectivity index (χ3n) is 3.48. The van der Waals surface area contributed by atoms with Crippen LogP contribution in [0.5, 0.6) is 11.5 Å². The summed E-state index contributed by atoms with van der Waals surface area (Å²) in [5, 5.41) is 5.80. The second kappa shape index (κ2) is 8.13. The Morgan fingerprint density at radius 1 is 0.808 bits per heavy atom. The second-order valence-electron chi connectivity index (χ2n) is 5.46. The van der Waals surface area contributed by atoms with Crippen LogP contribution in [0.2, 0.25) is 0 Å². The van der Waals surface area contributed by atoms with E-state index in [2.05, 4.69) is 10.6 Å². The molecule has 0 radical (unpaired) electrons. The average Bonchev–Trinajstić information content (AvgIpc) is 2.64. The highest BCUT2D eigenvalue weighted by Crippen LogP contribution is 2.23. The Morgan fingerprint density at radius 3 is 2.19 bits per heavy atom. The number of hydrogen-bond donors (Lipinski definition) is 3.